The second-order valence-electron chi connectivity index (χ2n) is 7.84. The van der Waals surface area contributed by atoms with Crippen molar-refractivity contribution in [1.29, 1.82) is 0 Å². The first-order valence-electron chi connectivity index (χ1n) is 10.1. The molecule has 3 aromatic rings. The molecule has 4 rings (SSSR count). The highest BCUT2D eigenvalue weighted by molar-refractivity contribution is 5.96. The molecule has 1 saturated heterocycles. The third-order valence-corrected chi connectivity index (χ3v) is 5.93. The number of benzene rings is 1. The Morgan fingerprint density at radius 2 is 1.93 bits per heavy atom. The molecule has 0 saturated carbocycles. The number of para-hydroxylation sites is 1. The summed E-state index contributed by atoms with van der Waals surface area (Å²) in [5, 5.41) is 10.9. The number of aromatic amines is 1. The Morgan fingerprint density at radius 1 is 1.23 bits per heavy atom. The van der Waals surface area contributed by atoms with Crippen LogP contribution < -0.4 is 5.69 Å². The van der Waals surface area contributed by atoms with Gasteiger partial charge in [-0.3, -0.25) is 9.48 Å². The Labute approximate surface area is 173 Å². The van der Waals surface area contributed by atoms with Crippen LogP contribution in [0.1, 0.15) is 40.4 Å². The molecule has 0 unspecified atom stereocenters. The number of amides is 1. The van der Waals surface area contributed by atoms with E-state index >= 15 is 0 Å². The van der Waals surface area contributed by atoms with E-state index in [0.29, 0.717) is 30.9 Å². The van der Waals surface area contributed by atoms with Crippen LogP contribution in [-0.4, -0.2) is 48.4 Å². The minimum atomic E-state index is -0.468. The molecule has 8 nitrogen and oxygen atoms in total. The van der Waals surface area contributed by atoms with E-state index < -0.39 is 11.5 Å². The number of nitrogens with zero attached hydrogens (tertiary/aromatic N) is 5. The first kappa shape index (κ1) is 20.1. The lowest BCUT2D eigenvalue weighted by molar-refractivity contribution is 0.0688. The van der Waals surface area contributed by atoms with E-state index in [9.17, 15) is 14.0 Å². The summed E-state index contributed by atoms with van der Waals surface area (Å²) in [6.45, 7) is 5.02. The van der Waals surface area contributed by atoms with Gasteiger partial charge in [-0.2, -0.15) is 10.2 Å². The second kappa shape index (κ2) is 7.89. The lowest BCUT2D eigenvalue weighted by Gasteiger charge is -2.32. The number of hydrogen-bond donors (Lipinski definition) is 1. The number of halogens is 1. The predicted octanol–water partition coefficient (Wildman–Crippen LogP) is 2.14. The fourth-order valence-electron chi connectivity index (χ4n) is 4.19. The molecule has 1 aliphatic heterocycles. The molecule has 1 amide bonds. The highest BCUT2D eigenvalue weighted by atomic mass is 19.1. The number of carbonyl (C=O) groups excluding carboxylic acids is 1. The van der Waals surface area contributed by atoms with Crippen LogP contribution in [-0.2, 0) is 13.5 Å². The third kappa shape index (κ3) is 3.55. The monoisotopic (exact) mass is 412 g/mol. The maximum atomic E-state index is 14.2. The van der Waals surface area contributed by atoms with Crippen LogP contribution in [0.2, 0.25) is 0 Å². The van der Waals surface area contributed by atoms with Crippen LogP contribution in [0, 0.1) is 25.6 Å². The van der Waals surface area contributed by atoms with Crippen LogP contribution in [0.15, 0.2) is 29.1 Å². The molecule has 9 heteroatoms. The number of rotatable bonds is 4. The standard InChI is InChI=1S/C21H25FN6O2/c1-13-19(14(2)26(3)25-13)20(29)27-10-8-15(9-11-27)12-18-23-24-21(30)28(18)17-7-5-4-6-16(17)22/h4-7,15H,8-12H2,1-3H3,(H,24,30). The van der Waals surface area contributed by atoms with Crippen molar-refractivity contribution in [2.24, 2.45) is 13.0 Å². The molecule has 1 fully saturated rings. The average Bonchev–Trinajstić information content (AvgIpc) is 3.20. The zero-order valence-electron chi connectivity index (χ0n) is 17.4. The SMILES string of the molecule is Cc1nn(C)c(C)c1C(=O)N1CCC(Cc2n[nH]c(=O)n2-c2ccccc2F)CC1. The van der Waals surface area contributed by atoms with Gasteiger partial charge < -0.3 is 4.90 Å². The van der Waals surface area contributed by atoms with E-state index in [1.54, 1.807) is 22.9 Å². The zero-order chi connectivity index (χ0) is 21.4. The second-order valence-corrected chi connectivity index (χ2v) is 7.84. The Morgan fingerprint density at radius 3 is 2.57 bits per heavy atom. The summed E-state index contributed by atoms with van der Waals surface area (Å²) in [6, 6.07) is 6.16. The molecular formula is C21H25FN6O2. The fraction of sp³-hybridized carbons (Fsp3) is 0.429. The van der Waals surface area contributed by atoms with E-state index in [0.717, 1.165) is 24.2 Å². The molecule has 0 aliphatic carbocycles. The summed E-state index contributed by atoms with van der Waals surface area (Å²) >= 11 is 0. The lowest BCUT2D eigenvalue weighted by Crippen LogP contribution is -2.39. The van der Waals surface area contributed by atoms with E-state index in [1.165, 1.54) is 10.6 Å². The maximum Gasteiger partial charge on any atom is 0.348 e. The first-order chi connectivity index (χ1) is 14.4. The average molecular weight is 412 g/mol. The van der Waals surface area contributed by atoms with Gasteiger partial charge in [0.2, 0.25) is 0 Å². The minimum Gasteiger partial charge on any atom is -0.339 e. The van der Waals surface area contributed by atoms with Crippen LogP contribution in [0.3, 0.4) is 0 Å². The Balaban J connectivity index is 1.46. The van der Waals surface area contributed by atoms with Crippen LogP contribution in [0.4, 0.5) is 4.39 Å². The van der Waals surface area contributed by atoms with Crippen molar-refractivity contribution in [3.05, 3.63) is 63.3 Å². The summed E-state index contributed by atoms with van der Waals surface area (Å²) in [4.78, 5) is 27.0. The Hall–Kier alpha value is -3.23. The molecule has 158 valence electrons. The van der Waals surface area contributed by atoms with Gasteiger partial charge in [0, 0.05) is 32.3 Å². The Bertz CT molecular complexity index is 1140. The summed E-state index contributed by atoms with van der Waals surface area (Å²) in [5.41, 5.74) is 2.03. The highest BCUT2D eigenvalue weighted by Gasteiger charge is 2.28. The molecule has 30 heavy (non-hydrogen) atoms. The molecule has 1 aromatic carbocycles. The van der Waals surface area contributed by atoms with Gasteiger partial charge in [0.25, 0.3) is 5.91 Å². The number of aryl methyl sites for hydroxylation is 2. The van der Waals surface area contributed by atoms with Gasteiger partial charge >= 0.3 is 5.69 Å². The van der Waals surface area contributed by atoms with Gasteiger partial charge in [-0.25, -0.2) is 18.9 Å². The molecule has 3 heterocycles. The number of aromatic nitrogens is 5. The quantitative estimate of drug-likeness (QED) is 0.711. The predicted molar refractivity (Wildman–Crippen MR) is 109 cm³/mol. The first-order valence-corrected chi connectivity index (χ1v) is 10.1. The van der Waals surface area contributed by atoms with Crippen molar-refractivity contribution >= 4 is 5.91 Å². The molecule has 0 bridgehead atoms. The fourth-order valence-corrected chi connectivity index (χ4v) is 4.19. The number of H-pyrrole nitrogens is 1. The van der Waals surface area contributed by atoms with Crippen LogP contribution in [0.25, 0.3) is 5.69 Å². The third-order valence-electron chi connectivity index (χ3n) is 5.93. The van der Waals surface area contributed by atoms with Crippen LogP contribution in [0.5, 0.6) is 0 Å². The van der Waals surface area contributed by atoms with Crippen molar-refractivity contribution in [3.63, 3.8) is 0 Å². The van der Waals surface area contributed by atoms with E-state index in [2.05, 4.69) is 15.3 Å². The van der Waals surface area contributed by atoms with Gasteiger partial charge in [-0.05, 0) is 44.7 Å². The van der Waals surface area contributed by atoms with E-state index in [1.807, 2.05) is 25.8 Å². The van der Waals surface area contributed by atoms with Crippen molar-refractivity contribution in [3.8, 4) is 5.69 Å². The summed E-state index contributed by atoms with van der Waals surface area (Å²) < 4.78 is 17.2. The lowest BCUT2D eigenvalue weighted by atomic mass is 9.92. The Kier molecular flexibility index (Phi) is 5.27. The molecule has 2 aromatic heterocycles. The highest BCUT2D eigenvalue weighted by Crippen LogP contribution is 2.24. The van der Waals surface area contributed by atoms with Gasteiger partial charge in [-0.1, -0.05) is 12.1 Å². The molecule has 1 aliphatic rings. The number of nitrogens with one attached hydrogen (secondary N) is 1. The normalized spacial score (nSPS) is 15.0. The molecule has 0 atom stereocenters. The van der Waals surface area contributed by atoms with Gasteiger partial charge in [0.05, 0.1) is 16.9 Å². The van der Waals surface area contributed by atoms with Gasteiger partial charge in [0.15, 0.2) is 0 Å². The summed E-state index contributed by atoms with van der Waals surface area (Å²) in [7, 11) is 1.84. The van der Waals surface area contributed by atoms with Crippen molar-refractivity contribution in [2.45, 2.75) is 33.1 Å². The molecule has 0 radical (unpaired) electrons. The summed E-state index contributed by atoms with van der Waals surface area (Å²) in [6.07, 6.45) is 2.13. The number of likely N-dealkylation sites (tertiary alicyclic amines) is 1. The van der Waals surface area contributed by atoms with E-state index in [4.69, 9.17) is 0 Å². The van der Waals surface area contributed by atoms with Crippen LogP contribution >= 0.6 is 0 Å². The van der Waals surface area contributed by atoms with Gasteiger partial charge in [0.1, 0.15) is 11.6 Å². The maximum absolute atomic E-state index is 14.2. The topological polar surface area (TPSA) is 88.8 Å². The van der Waals surface area contributed by atoms with Gasteiger partial charge in [-0.15, -0.1) is 0 Å². The molecular weight excluding hydrogens is 387 g/mol. The zero-order valence-corrected chi connectivity index (χ0v) is 17.4. The van der Waals surface area contributed by atoms with E-state index in [-0.39, 0.29) is 17.5 Å². The smallest absolute Gasteiger partial charge is 0.339 e. The van der Waals surface area contributed by atoms with Crippen molar-refractivity contribution in [1.82, 2.24) is 29.4 Å². The largest absolute Gasteiger partial charge is 0.348 e. The minimum absolute atomic E-state index is 0.0135. The number of carbonyl (C=O) groups is 1. The number of piperidine rings is 1. The van der Waals surface area contributed by atoms with Crippen molar-refractivity contribution in [2.75, 3.05) is 13.1 Å². The molecule has 1 N–H and O–H groups in total. The molecule has 0 spiro atoms. The summed E-state index contributed by atoms with van der Waals surface area (Å²) in [5.74, 6) is 0.309. The van der Waals surface area contributed by atoms with Crippen molar-refractivity contribution < 1.29 is 9.18 Å². The number of hydrogen-bond acceptors (Lipinski definition) is 4.